The van der Waals surface area contributed by atoms with Gasteiger partial charge in [-0.3, -0.25) is 4.79 Å². The van der Waals surface area contributed by atoms with E-state index < -0.39 is 36.7 Å². The number of carboxylic acid groups (broad SMARTS) is 2. The Morgan fingerprint density at radius 2 is 1.32 bits per heavy atom. The monoisotopic (exact) mass is 645 g/mol. The standard InChI is InChI=1S/C34H41Cl2NO7/c35-28-18-16-25(22-29(28)36)12-5-2-1-3-9-19-37-33(40)31(32(34(41)42)44-23-30(38)39)43-20-10-4-6-11-24-15-17-26-13-7-8-14-27(26)21-24/h7-8,13-18,21-22,31-32H,1-6,9-12,19-20,23H2,(H,37,40)(H,38,39)(H,41,42). The van der Waals surface area contributed by atoms with Crippen LogP contribution >= 0.6 is 23.2 Å². The molecular weight excluding hydrogens is 605 g/mol. The van der Waals surface area contributed by atoms with E-state index in [4.69, 9.17) is 37.8 Å². The lowest BCUT2D eigenvalue weighted by atomic mass is 10.0. The Labute approximate surface area is 268 Å². The van der Waals surface area contributed by atoms with Crippen molar-refractivity contribution in [2.24, 2.45) is 0 Å². The predicted octanol–water partition coefficient (Wildman–Crippen LogP) is 7.11. The molecule has 0 saturated heterocycles. The third kappa shape index (κ3) is 12.4. The van der Waals surface area contributed by atoms with Gasteiger partial charge in [-0.1, -0.05) is 97.4 Å². The van der Waals surface area contributed by atoms with Gasteiger partial charge >= 0.3 is 11.9 Å². The first-order chi connectivity index (χ1) is 21.2. The molecule has 3 aromatic rings. The van der Waals surface area contributed by atoms with Crippen LogP contribution < -0.4 is 5.32 Å². The van der Waals surface area contributed by atoms with Crippen molar-refractivity contribution in [2.75, 3.05) is 19.8 Å². The first-order valence-corrected chi connectivity index (χ1v) is 15.9. The molecule has 3 N–H and O–H groups in total. The SMILES string of the molecule is O=C(O)COC(C(=O)O)C(OCCCCCc1ccc2ccccc2c1)C(=O)NCCCCCCCc1ccc(Cl)c(Cl)c1. The molecule has 2 atom stereocenters. The van der Waals surface area contributed by atoms with E-state index in [9.17, 15) is 19.5 Å². The molecule has 238 valence electrons. The van der Waals surface area contributed by atoms with Crippen molar-refractivity contribution >= 4 is 51.8 Å². The van der Waals surface area contributed by atoms with E-state index in [1.54, 1.807) is 6.07 Å². The summed E-state index contributed by atoms with van der Waals surface area (Å²) in [6.45, 7) is -0.352. The van der Waals surface area contributed by atoms with Crippen LogP contribution in [0.2, 0.25) is 10.0 Å². The van der Waals surface area contributed by atoms with Gasteiger partial charge in [-0.15, -0.1) is 0 Å². The zero-order chi connectivity index (χ0) is 31.7. The highest BCUT2D eigenvalue weighted by molar-refractivity contribution is 6.42. The molecule has 0 fully saturated rings. The number of rotatable bonds is 21. The molecule has 0 aliphatic carbocycles. The molecule has 1 amide bonds. The summed E-state index contributed by atoms with van der Waals surface area (Å²) in [5, 5.41) is 24.9. The van der Waals surface area contributed by atoms with E-state index in [1.807, 2.05) is 24.3 Å². The largest absolute Gasteiger partial charge is 0.480 e. The van der Waals surface area contributed by atoms with Crippen molar-refractivity contribution < 1.29 is 34.1 Å². The minimum atomic E-state index is -1.73. The number of unbranched alkanes of at least 4 members (excludes halogenated alkanes) is 6. The van der Waals surface area contributed by atoms with Crippen LogP contribution in [0.15, 0.2) is 60.7 Å². The van der Waals surface area contributed by atoms with Gasteiger partial charge in [-0.2, -0.15) is 0 Å². The number of carbonyl (C=O) groups is 3. The number of hydrogen-bond donors (Lipinski definition) is 3. The second-order valence-corrected chi connectivity index (χ2v) is 11.6. The highest BCUT2D eigenvalue weighted by atomic mass is 35.5. The summed E-state index contributed by atoms with van der Waals surface area (Å²) < 4.78 is 10.8. The summed E-state index contributed by atoms with van der Waals surface area (Å²) in [7, 11) is 0. The molecule has 0 aromatic heterocycles. The zero-order valence-electron chi connectivity index (χ0n) is 24.8. The minimum absolute atomic E-state index is 0.148. The van der Waals surface area contributed by atoms with Crippen LogP contribution in [0.3, 0.4) is 0 Å². The minimum Gasteiger partial charge on any atom is -0.480 e. The number of fused-ring (bicyclic) bond motifs is 1. The number of benzene rings is 3. The lowest BCUT2D eigenvalue weighted by Crippen LogP contribution is -2.49. The van der Waals surface area contributed by atoms with E-state index in [0.717, 1.165) is 56.9 Å². The maximum Gasteiger partial charge on any atom is 0.336 e. The molecule has 0 radical (unpaired) electrons. The Morgan fingerprint density at radius 1 is 0.682 bits per heavy atom. The Morgan fingerprint density at radius 3 is 2.02 bits per heavy atom. The van der Waals surface area contributed by atoms with Crippen molar-refractivity contribution in [3.05, 3.63) is 81.8 Å². The van der Waals surface area contributed by atoms with Gasteiger partial charge in [0.05, 0.1) is 10.0 Å². The number of nitrogens with one attached hydrogen (secondary N) is 1. The molecule has 0 heterocycles. The van der Waals surface area contributed by atoms with E-state index in [1.165, 1.54) is 16.3 Å². The maximum absolute atomic E-state index is 12.9. The molecule has 2 unspecified atom stereocenters. The van der Waals surface area contributed by atoms with Gasteiger partial charge in [0, 0.05) is 13.2 Å². The third-order valence-corrected chi connectivity index (χ3v) is 8.05. The second kappa shape index (κ2) is 19.3. The van der Waals surface area contributed by atoms with Crippen LogP contribution in [0.1, 0.15) is 62.5 Å². The molecule has 3 rings (SSSR count). The number of amides is 1. The smallest absolute Gasteiger partial charge is 0.336 e. The number of hydrogen-bond acceptors (Lipinski definition) is 5. The van der Waals surface area contributed by atoms with Gasteiger partial charge in [-0.05, 0) is 72.6 Å². The van der Waals surface area contributed by atoms with Crippen LogP contribution in [0.25, 0.3) is 10.8 Å². The normalized spacial score (nSPS) is 12.6. The Hall–Kier alpha value is -3.17. The van der Waals surface area contributed by atoms with Crippen molar-refractivity contribution in [2.45, 2.75) is 76.4 Å². The molecule has 0 saturated carbocycles. The van der Waals surface area contributed by atoms with Crippen LogP contribution in [-0.4, -0.2) is 60.0 Å². The predicted molar refractivity (Wildman–Crippen MR) is 173 cm³/mol. The van der Waals surface area contributed by atoms with Crippen LogP contribution in [0.5, 0.6) is 0 Å². The molecule has 3 aromatic carbocycles. The number of aryl methyl sites for hydroxylation is 2. The molecule has 0 aliphatic heterocycles. The number of aliphatic carboxylic acids is 2. The van der Waals surface area contributed by atoms with Gasteiger partial charge in [0.2, 0.25) is 0 Å². The van der Waals surface area contributed by atoms with Crippen LogP contribution in [-0.2, 0) is 36.7 Å². The third-order valence-electron chi connectivity index (χ3n) is 7.31. The lowest BCUT2D eigenvalue weighted by molar-refractivity contribution is -0.172. The van der Waals surface area contributed by atoms with Gasteiger partial charge in [-0.25, -0.2) is 9.59 Å². The summed E-state index contributed by atoms with van der Waals surface area (Å²) in [6.07, 6.45) is 5.56. The zero-order valence-corrected chi connectivity index (χ0v) is 26.3. The fraction of sp³-hybridized carbons (Fsp3) is 0.441. The molecule has 10 heteroatoms. The first-order valence-electron chi connectivity index (χ1n) is 15.1. The number of halogens is 2. The number of carbonyl (C=O) groups excluding carboxylic acids is 1. The maximum atomic E-state index is 12.9. The summed E-state index contributed by atoms with van der Waals surface area (Å²) >= 11 is 12.0. The van der Waals surface area contributed by atoms with E-state index >= 15 is 0 Å². The van der Waals surface area contributed by atoms with Gasteiger partial charge in [0.25, 0.3) is 5.91 Å². The van der Waals surface area contributed by atoms with Crippen LogP contribution in [0, 0.1) is 0 Å². The summed E-state index contributed by atoms with van der Waals surface area (Å²) in [5.74, 6) is -3.41. The molecular formula is C34H41Cl2NO7. The van der Waals surface area contributed by atoms with Crippen molar-refractivity contribution in [3.8, 4) is 0 Å². The van der Waals surface area contributed by atoms with Gasteiger partial charge in [0.1, 0.15) is 6.61 Å². The molecule has 44 heavy (non-hydrogen) atoms. The van der Waals surface area contributed by atoms with E-state index in [-0.39, 0.29) is 6.61 Å². The van der Waals surface area contributed by atoms with Gasteiger partial charge < -0.3 is 25.0 Å². The van der Waals surface area contributed by atoms with Crippen molar-refractivity contribution in [3.63, 3.8) is 0 Å². The average Bonchev–Trinajstić information content (AvgIpc) is 3.00. The summed E-state index contributed by atoms with van der Waals surface area (Å²) in [5.41, 5.74) is 2.38. The van der Waals surface area contributed by atoms with Crippen LogP contribution in [0.4, 0.5) is 0 Å². The fourth-order valence-corrected chi connectivity index (χ4v) is 5.27. The fourth-order valence-electron chi connectivity index (χ4n) is 4.95. The molecule has 0 bridgehead atoms. The quantitative estimate of drug-likeness (QED) is 0.106. The highest BCUT2D eigenvalue weighted by Gasteiger charge is 2.36. The van der Waals surface area contributed by atoms with E-state index in [2.05, 4.69) is 35.6 Å². The Bertz CT molecular complexity index is 1370. The Kier molecular flexibility index (Phi) is 15.5. The first kappa shape index (κ1) is 35.3. The summed E-state index contributed by atoms with van der Waals surface area (Å²) in [6, 6.07) is 20.3. The van der Waals surface area contributed by atoms with Gasteiger partial charge in [0.15, 0.2) is 12.2 Å². The van der Waals surface area contributed by atoms with Crippen molar-refractivity contribution in [1.29, 1.82) is 0 Å². The Balaban J connectivity index is 1.38. The van der Waals surface area contributed by atoms with Crippen molar-refractivity contribution in [1.82, 2.24) is 5.32 Å². The molecule has 0 aliphatic rings. The molecule has 0 spiro atoms. The number of ether oxygens (including phenoxy) is 2. The van der Waals surface area contributed by atoms with E-state index in [0.29, 0.717) is 29.4 Å². The average molecular weight is 647 g/mol. The topological polar surface area (TPSA) is 122 Å². The molecule has 8 nitrogen and oxygen atoms in total. The summed E-state index contributed by atoms with van der Waals surface area (Å²) in [4.78, 5) is 35.8. The number of carboxylic acids is 2. The highest BCUT2D eigenvalue weighted by Crippen LogP contribution is 2.23. The second-order valence-electron chi connectivity index (χ2n) is 10.8. The lowest BCUT2D eigenvalue weighted by Gasteiger charge is -2.23.